The van der Waals surface area contributed by atoms with Gasteiger partial charge in [0.2, 0.25) is 0 Å². The molecule has 5 nitrogen and oxygen atoms in total. The third kappa shape index (κ3) is 2.74. The summed E-state index contributed by atoms with van der Waals surface area (Å²) in [7, 11) is 3.13. The first-order valence-corrected chi connectivity index (χ1v) is 4.54. The first-order chi connectivity index (χ1) is 7.22. The van der Waals surface area contributed by atoms with Gasteiger partial charge in [0.1, 0.15) is 11.9 Å². The second-order valence-electron chi connectivity index (χ2n) is 3.06. The van der Waals surface area contributed by atoms with E-state index in [0.29, 0.717) is 11.3 Å². The molecule has 0 aliphatic rings. The molecular weight excluding hydrogens is 196 g/mol. The monoisotopic (exact) mass is 210 g/mol. The van der Waals surface area contributed by atoms with E-state index >= 15 is 0 Å². The topological polar surface area (TPSA) is 70.9 Å². The number of methoxy groups -OCH3 is 1. The van der Waals surface area contributed by atoms with Crippen LogP contribution in [0, 0.1) is 4.91 Å². The summed E-state index contributed by atoms with van der Waals surface area (Å²) >= 11 is 0. The number of aliphatic hydroxyl groups is 1. The molecule has 0 saturated heterocycles. The Labute approximate surface area is 88.0 Å². The van der Waals surface area contributed by atoms with Crippen molar-refractivity contribution in [3.63, 3.8) is 0 Å². The van der Waals surface area contributed by atoms with Gasteiger partial charge >= 0.3 is 0 Å². The number of hydrogen-bond acceptors (Lipinski definition) is 5. The van der Waals surface area contributed by atoms with Crippen molar-refractivity contribution in [3.8, 4) is 5.75 Å². The van der Waals surface area contributed by atoms with Crippen LogP contribution in [0.5, 0.6) is 5.75 Å². The molecule has 0 aromatic heterocycles. The van der Waals surface area contributed by atoms with Crippen molar-refractivity contribution in [1.82, 2.24) is 5.32 Å². The SMILES string of the molecule is CNC(N=O)C(O)c1ccc(OC)cc1. The summed E-state index contributed by atoms with van der Waals surface area (Å²) in [5.74, 6) is 0.700. The summed E-state index contributed by atoms with van der Waals surface area (Å²) in [5.41, 5.74) is 0.620. The van der Waals surface area contributed by atoms with E-state index in [9.17, 15) is 10.0 Å². The molecule has 0 spiro atoms. The van der Waals surface area contributed by atoms with Gasteiger partial charge < -0.3 is 9.84 Å². The average molecular weight is 210 g/mol. The Balaban J connectivity index is 2.81. The molecule has 5 heteroatoms. The van der Waals surface area contributed by atoms with Crippen molar-refractivity contribution in [1.29, 1.82) is 0 Å². The Hall–Kier alpha value is -1.46. The van der Waals surface area contributed by atoms with Gasteiger partial charge in [0.05, 0.1) is 7.11 Å². The molecule has 2 unspecified atom stereocenters. The second kappa shape index (κ2) is 5.43. The fraction of sp³-hybridized carbons (Fsp3) is 0.400. The summed E-state index contributed by atoms with van der Waals surface area (Å²) in [6.45, 7) is 0. The Morgan fingerprint density at radius 3 is 2.40 bits per heavy atom. The molecule has 15 heavy (non-hydrogen) atoms. The number of likely N-dealkylation sites (N-methyl/N-ethyl adjacent to an activating group) is 1. The molecule has 1 aromatic carbocycles. The van der Waals surface area contributed by atoms with E-state index in [1.807, 2.05) is 0 Å². The number of ether oxygens (including phenoxy) is 1. The summed E-state index contributed by atoms with van der Waals surface area (Å²) in [4.78, 5) is 10.4. The van der Waals surface area contributed by atoms with Crippen molar-refractivity contribution in [2.24, 2.45) is 5.18 Å². The number of rotatable bonds is 5. The molecule has 1 aromatic rings. The van der Waals surface area contributed by atoms with Crippen LogP contribution in [0.3, 0.4) is 0 Å². The van der Waals surface area contributed by atoms with Gasteiger partial charge in [-0.3, -0.25) is 5.32 Å². The van der Waals surface area contributed by atoms with Crippen LogP contribution in [0.2, 0.25) is 0 Å². The number of aliphatic hydroxyl groups excluding tert-OH is 1. The third-order valence-corrected chi connectivity index (χ3v) is 2.17. The quantitative estimate of drug-likeness (QED) is 0.712. The highest BCUT2D eigenvalue weighted by Gasteiger charge is 2.19. The lowest BCUT2D eigenvalue weighted by Gasteiger charge is -2.16. The Bertz CT molecular complexity index is 313. The minimum absolute atomic E-state index is 0.620. The van der Waals surface area contributed by atoms with E-state index in [-0.39, 0.29) is 0 Å². The van der Waals surface area contributed by atoms with Gasteiger partial charge in [-0.1, -0.05) is 12.1 Å². The third-order valence-electron chi connectivity index (χ3n) is 2.17. The predicted octanol–water partition coefficient (Wildman–Crippen LogP) is 1.04. The zero-order valence-corrected chi connectivity index (χ0v) is 8.68. The zero-order chi connectivity index (χ0) is 11.3. The van der Waals surface area contributed by atoms with E-state index in [4.69, 9.17) is 4.74 Å². The fourth-order valence-electron chi connectivity index (χ4n) is 1.25. The van der Waals surface area contributed by atoms with Crippen molar-refractivity contribution in [2.45, 2.75) is 12.3 Å². The first kappa shape index (κ1) is 11.6. The maximum absolute atomic E-state index is 10.4. The summed E-state index contributed by atoms with van der Waals surface area (Å²) in [5, 5.41) is 15.1. The van der Waals surface area contributed by atoms with Crippen LogP contribution in [0.25, 0.3) is 0 Å². The minimum Gasteiger partial charge on any atom is -0.497 e. The molecule has 2 atom stereocenters. The summed E-state index contributed by atoms with van der Waals surface area (Å²) in [6.07, 6.45) is -1.78. The predicted molar refractivity (Wildman–Crippen MR) is 56.6 cm³/mol. The molecule has 2 N–H and O–H groups in total. The van der Waals surface area contributed by atoms with E-state index < -0.39 is 12.3 Å². The number of benzene rings is 1. The summed E-state index contributed by atoms with van der Waals surface area (Å²) < 4.78 is 4.98. The van der Waals surface area contributed by atoms with E-state index in [2.05, 4.69) is 10.5 Å². The second-order valence-corrected chi connectivity index (χ2v) is 3.06. The maximum Gasteiger partial charge on any atom is 0.172 e. The van der Waals surface area contributed by atoms with Crippen molar-refractivity contribution in [2.75, 3.05) is 14.2 Å². The number of hydrogen-bond donors (Lipinski definition) is 2. The fourth-order valence-corrected chi connectivity index (χ4v) is 1.25. The molecule has 82 valence electrons. The molecule has 1 rings (SSSR count). The Morgan fingerprint density at radius 1 is 1.40 bits per heavy atom. The highest BCUT2D eigenvalue weighted by Crippen LogP contribution is 2.20. The lowest BCUT2D eigenvalue weighted by molar-refractivity contribution is 0.135. The lowest BCUT2D eigenvalue weighted by Crippen LogP contribution is -2.29. The number of nitrogens with zero attached hydrogens (tertiary/aromatic N) is 1. The normalized spacial score (nSPS) is 14.3. The molecule has 0 amide bonds. The highest BCUT2D eigenvalue weighted by molar-refractivity contribution is 5.28. The molecule has 0 heterocycles. The Morgan fingerprint density at radius 2 is 2.00 bits per heavy atom. The van der Waals surface area contributed by atoms with Crippen LogP contribution in [0.1, 0.15) is 11.7 Å². The van der Waals surface area contributed by atoms with Crippen molar-refractivity contribution in [3.05, 3.63) is 34.7 Å². The van der Waals surface area contributed by atoms with Gasteiger partial charge in [-0.15, -0.1) is 4.91 Å². The molecule has 0 fully saturated rings. The summed E-state index contributed by atoms with van der Waals surface area (Å²) in [6, 6.07) is 6.82. The molecule has 0 radical (unpaired) electrons. The Kier molecular flexibility index (Phi) is 4.20. The van der Waals surface area contributed by atoms with E-state index in [1.165, 1.54) is 0 Å². The van der Waals surface area contributed by atoms with Crippen LogP contribution in [-0.4, -0.2) is 25.4 Å². The van der Waals surface area contributed by atoms with Gasteiger partial charge in [-0.25, -0.2) is 0 Å². The van der Waals surface area contributed by atoms with Crippen molar-refractivity contribution < 1.29 is 9.84 Å². The van der Waals surface area contributed by atoms with Crippen LogP contribution < -0.4 is 10.1 Å². The van der Waals surface area contributed by atoms with Crippen molar-refractivity contribution >= 4 is 0 Å². The number of nitrogens with one attached hydrogen (secondary N) is 1. The number of nitroso groups, excluding NO2 is 1. The lowest BCUT2D eigenvalue weighted by atomic mass is 10.1. The van der Waals surface area contributed by atoms with E-state index in [0.717, 1.165) is 0 Å². The van der Waals surface area contributed by atoms with Crippen LogP contribution in [0.15, 0.2) is 29.4 Å². The van der Waals surface area contributed by atoms with Crippen LogP contribution in [-0.2, 0) is 0 Å². The van der Waals surface area contributed by atoms with Gasteiger partial charge in [-0.2, -0.15) is 0 Å². The highest BCUT2D eigenvalue weighted by atomic mass is 16.5. The molecule has 0 bridgehead atoms. The van der Waals surface area contributed by atoms with Crippen LogP contribution >= 0.6 is 0 Å². The smallest absolute Gasteiger partial charge is 0.172 e. The zero-order valence-electron chi connectivity index (χ0n) is 8.68. The molecule has 0 aliphatic heterocycles. The van der Waals surface area contributed by atoms with Gasteiger partial charge in [-0.05, 0) is 29.9 Å². The van der Waals surface area contributed by atoms with Gasteiger partial charge in [0.15, 0.2) is 6.17 Å². The van der Waals surface area contributed by atoms with Gasteiger partial charge in [0, 0.05) is 0 Å². The first-order valence-electron chi connectivity index (χ1n) is 4.54. The maximum atomic E-state index is 10.4. The molecular formula is C10H14N2O3. The average Bonchev–Trinajstić information content (AvgIpc) is 2.30. The van der Waals surface area contributed by atoms with Gasteiger partial charge in [0.25, 0.3) is 0 Å². The van der Waals surface area contributed by atoms with E-state index in [1.54, 1.807) is 38.4 Å². The minimum atomic E-state index is -0.946. The largest absolute Gasteiger partial charge is 0.497 e. The molecule has 0 saturated carbocycles. The van der Waals surface area contributed by atoms with Crippen LogP contribution in [0.4, 0.5) is 0 Å². The standard InChI is InChI=1S/C10H14N2O3/c1-11-10(12-14)9(13)7-3-5-8(15-2)6-4-7/h3-6,9-11,13H,1-2H3. The molecule has 0 aliphatic carbocycles.